The molecule has 1 aliphatic heterocycles. The average molecular weight is 274 g/mol. The van der Waals surface area contributed by atoms with Crippen LogP contribution < -0.4 is 4.74 Å². The van der Waals surface area contributed by atoms with E-state index >= 15 is 0 Å². The Morgan fingerprint density at radius 2 is 1.50 bits per heavy atom. The van der Waals surface area contributed by atoms with E-state index in [-0.39, 0.29) is 24.0 Å². The summed E-state index contributed by atoms with van der Waals surface area (Å²) in [5.41, 5.74) is 3.20. The predicted octanol–water partition coefficient (Wildman–Crippen LogP) is 4.65. The summed E-state index contributed by atoms with van der Waals surface area (Å²) in [5.74, 6) is -0.299. The lowest BCUT2D eigenvalue weighted by Gasteiger charge is -2.23. The van der Waals surface area contributed by atoms with Crippen LogP contribution in [0.1, 0.15) is 30.5 Å². The van der Waals surface area contributed by atoms with Gasteiger partial charge in [-0.05, 0) is 29.5 Å². The molecule has 1 nitrogen and oxygen atoms in total. The van der Waals surface area contributed by atoms with Crippen LogP contribution >= 0.6 is 0 Å². The number of ether oxygens (including phenoxy) is 1. The van der Waals surface area contributed by atoms with Crippen molar-refractivity contribution in [3.63, 3.8) is 0 Å². The van der Waals surface area contributed by atoms with Crippen LogP contribution in [0.2, 0.25) is 0 Å². The van der Waals surface area contributed by atoms with Crippen LogP contribution in [0.5, 0.6) is 5.75 Å². The molecule has 0 spiro atoms. The van der Waals surface area contributed by atoms with Crippen molar-refractivity contribution in [2.45, 2.75) is 33.3 Å². The maximum Gasteiger partial charge on any atom is 0.168 e. The molecule has 3 heteroatoms. The molecule has 3 rings (SSSR count). The molecular weight excluding hydrogens is 258 g/mol. The topological polar surface area (TPSA) is 9.23 Å². The van der Waals surface area contributed by atoms with Crippen molar-refractivity contribution in [1.29, 1.82) is 0 Å². The molecule has 0 amide bonds. The van der Waals surface area contributed by atoms with Gasteiger partial charge in [0, 0.05) is 11.1 Å². The van der Waals surface area contributed by atoms with Crippen molar-refractivity contribution in [3.05, 3.63) is 52.6 Å². The second-order valence-electron chi connectivity index (χ2n) is 4.98. The van der Waals surface area contributed by atoms with Crippen LogP contribution in [0.4, 0.5) is 8.78 Å². The Bertz CT molecular complexity index is 618. The molecule has 0 radical (unpaired) electrons. The standard InChI is InChI=1S/C17H16F2O/c1-3-10-5-7-12-13-8-6-11(4-2)16(19)17(13)20-9-14(12)15(10)18/h5-8H,3-4,9H2,1-2H3. The maximum absolute atomic E-state index is 14.3. The smallest absolute Gasteiger partial charge is 0.168 e. The number of benzene rings is 2. The first-order chi connectivity index (χ1) is 9.67. The highest BCUT2D eigenvalue weighted by Gasteiger charge is 2.25. The first-order valence-corrected chi connectivity index (χ1v) is 6.92. The van der Waals surface area contributed by atoms with Gasteiger partial charge in [0.25, 0.3) is 0 Å². The zero-order chi connectivity index (χ0) is 14.3. The van der Waals surface area contributed by atoms with E-state index in [2.05, 4.69) is 0 Å². The van der Waals surface area contributed by atoms with E-state index in [0.29, 0.717) is 35.1 Å². The third kappa shape index (κ3) is 1.80. The molecule has 0 aromatic heterocycles. The molecule has 0 unspecified atom stereocenters. The van der Waals surface area contributed by atoms with Crippen molar-refractivity contribution in [2.75, 3.05) is 0 Å². The summed E-state index contributed by atoms with van der Waals surface area (Å²) in [6.45, 7) is 3.90. The molecule has 20 heavy (non-hydrogen) atoms. The fraction of sp³-hybridized carbons (Fsp3) is 0.294. The third-order valence-electron chi connectivity index (χ3n) is 3.91. The van der Waals surface area contributed by atoms with E-state index in [1.165, 1.54) is 0 Å². The third-order valence-corrected chi connectivity index (χ3v) is 3.91. The number of hydrogen-bond acceptors (Lipinski definition) is 1. The summed E-state index contributed by atoms with van der Waals surface area (Å²) in [5, 5.41) is 0. The van der Waals surface area contributed by atoms with Gasteiger partial charge in [-0.15, -0.1) is 0 Å². The molecular formula is C17H16F2O. The predicted molar refractivity (Wildman–Crippen MR) is 74.9 cm³/mol. The van der Waals surface area contributed by atoms with Crippen LogP contribution in [0.3, 0.4) is 0 Å². The summed E-state index contributed by atoms with van der Waals surface area (Å²) in [4.78, 5) is 0. The highest BCUT2D eigenvalue weighted by molar-refractivity contribution is 5.76. The minimum atomic E-state index is -0.323. The molecule has 0 N–H and O–H groups in total. The second-order valence-corrected chi connectivity index (χ2v) is 4.98. The van der Waals surface area contributed by atoms with Gasteiger partial charge >= 0.3 is 0 Å². The molecule has 0 saturated carbocycles. The highest BCUT2D eigenvalue weighted by atomic mass is 19.1. The quantitative estimate of drug-likeness (QED) is 0.774. The molecule has 1 aliphatic rings. The molecule has 2 aromatic carbocycles. The number of fused-ring (bicyclic) bond motifs is 3. The normalized spacial score (nSPS) is 12.6. The van der Waals surface area contributed by atoms with E-state index in [1.54, 1.807) is 12.1 Å². The Morgan fingerprint density at radius 1 is 0.900 bits per heavy atom. The van der Waals surface area contributed by atoms with Gasteiger partial charge in [-0.1, -0.05) is 38.1 Å². The molecule has 0 atom stereocenters. The maximum atomic E-state index is 14.3. The van der Waals surface area contributed by atoms with Crippen molar-refractivity contribution >= 4 is 0 Å². The molecule has 104 valence electrons. The van der Waals surface area contributed by atoms with Gasteiger partial charge in [-0.2, -0.15) is 0 Å². The van der Waals surface area contributed by atoms with Gasteiger partial charge in [0.1, 0.15) is 12.4 Å². The summed E-state index contributed by atoms with van der Waals surface area (Å²) in [7, 11) is 0. The Kier molecular flexibility index (Phi) is 3.20. The van der Waals surface area contributed by atoms with E-state index in [9.17, 15) is 8.78 Å². The Morgan fingerprint density at radius 3 is 2.15 bits per heavy atom. The Hall–Kier alpha value is -1.90. The lowest BCUT2D eigenvalue weighted by molar-refractivity contribution is 0.279. The first kappa shape index (κ1) is 13.1. The zero-order valence-corrected chi connectivity index (χ0v) is 11.6. The molecule has 0 saturated heterocycles. The minimum Gasteiger partial charge on any atom is -0.485 e. The van der Waals surface area contributed by atoms with Gasteiger partial charge in [0.15, 0.2) is 11.6 Å². The Labute approximate surface area is 117 Å². The minimum absolute atomic E-state index is 0.0894. The highest BCUT2D eigenvalue weighted by Crippen LogP contribution is 2.41. The lowest BCUT2D eigenvalue weighted by atomic mass is 9.92. The van der Waals surface area contributed by atoms with Gasteiger partial charge in [-0.25, -0.2) is 8.78 Å². The molecule has 0 fully saturated rings. The summed E-state index contributed by atoms with van der Waals surface area (Å²) in [6, 6.07) is 7.21. The Balaban J connectivity index is 2.22. The fourth-order valence-corrected chi connectivity index (χ4v) is 2.70. The monoisotopic (exact) mass is 274 g/mol. The van der Waals surface area contributed by atoms with Crippen molar-refractivity contribution in [2.24, 2.45) is 0 Å². The summed E-state index contributed by atoms with van der Waals surface area (Å²) in [6.07, 6.45) is 1.24. The second kappa shape index (κ2) is 4.89. The van der Waals surface area contributed by atoms with Crippen molar-refractivity contribution in [1.82, 2.24) is 0 Å². The van der Waals surface area contributed by atoms with Crippen LogP contribution in [0, 0.1) is 11.6 Å². The molecule has 2 aromatic rings. The van der Waals surface area contributed by atoms with Crippen LogP contribution in [-0.4, -0.2) is 0 Å². The van der Waals surface area contributed by atoms with Gasteiger partial charge in [0.05, 0.1) is 0 Å². The van der Waals surface area contributed by atoms with E-state index < -0.39 is 0 Å². The van der Waals surface area contributed by atoms with E-state index in [4.69, 9.17) is 4.74 Å². The SMILES string of the molecule is CCc1ccc2c(c1F)COc1c-2ccc(CC)c1F. The average Bonchev–Trinajstić information content (AvgIpc) is 2.48. The van der Waals surface area contributed by atoms with Crippen LogP contribution in [0.25, 0.3) is 11.1 Å². The number of halogens is 2. The van der Waals surface area contributed by atoms with E-state index in [1.807, 2.05) is 26.0 Å². The van der Waals surface area contributed by atoms with E-state index in [0.717, 1.165) is 5.56 Å². The molecule has 0 bridgehead atoms. The zero-order valence-electron chi connectivity index (χ0n) is 11.6. The van der Waals surface area contributed by atoms with Gasteiger partial charge < -0.3 is 4.74 Å². The first-order valence-electron chi connectivity index (χ1n) is 6.92. The van der Waals surface area contributed by atoms with Crippen molar-refractivity contribution < 1.29 is 13.5 Å². The molecule has 0 aliphatic carbocycles. The van der Waals surface area contributed by atoms with Crippen LogP contribution in [0.15, 0.2) is 24.3 Å². The number of rotatable bonds is 2. The molecule has 1 heterocycles. The number of aryl methyl sites for hydroxylation is 2. The largest absolute Gasteiger partial charge is 0.485 e. The lowest BCUT2D eigenvalue weighted by Crippen LogP contribution is -2.11. The number of hydrogen-bond donors (Lipinski definition) is 0. The van der Waals surface area contributed by atoms with Crippen LogP contribution in [-0.2, 0) is 19.4 Å². The summed E-state index contributed by atoms with van der Waals surface area (Å²) < 4.78 is 34.1. The fourth-order valence-electron chi connectivity index (χ4n) is 2.70. The van der Waals surface area contributed by atoms with Crippen molar-refractivity contribution in [3.8, 4) is 16.9 Å². The summed E-state index contributed by atoms with van der Waals surface area (Å²) >= 11 is 0. The van der Waals surface area contributed by atoms with Gasteiger partial charge in [0.2, 0.25) is 0 Å². The van der Waals surface area contributed by atoms with Gasteiger partial charge in [-0.3, -0.25) is 0 Å².